The molecule has 0 aliphatic heterocycles. The van der Waals surface area contributed by atoms with Crippen LogP contribution in [-0.2, 0) is 17.9 Å². The van der Waals surface area contributed by atoms with Gasteiger partial charge in [-0.15, -0.1) is 0 Å². The zero-order valence-corrected chi connectivity index (χ0v) is 14.0. The molecule has 0 aliphatic carbocycles. The van der Waals surface area contributed by atoms with Gasteiger partial charge in [-0.25, -0.2) is 0 Å². The van der Waals surface area contributed by atoms with Crippen LogP contribution in [0.2, 0.25) is 5.02 Å². The number of rotatable bonds is 7. The van der Waals surface area contributed by atoms with Crippen LogP contribution in [0.25, 0.3) is 0 Å². The molecule has 0 saturated heterocycles. The zero-order valence-electron chi connectivity index (χ0n) is 13.3. The first kappa shape index (κ1) is 17.3. The monoisotopic (exact) mass is 333 g/mol. The second-order valence-corrected chi connectivity index (χ2v) is 5.37. The van der Waals surface area contributed by atoms with Gasteiger partial charge in [-0.3, -0.25) is 4.79 Å². The third kappa shape index (κ3) is 4.71. The second-order valence-electron chi connectivity index (χ2n) is 4.96. The van der Waals surface area contributed by atoms with E-state index in [4.69, 9.17) is 21.1 Å². The molecular weight excluding hydrogens is 314 g/mol. The van der Waals surface area contributed by atoms with Gasteiger partial charge in [0.25, 0.3) is 5.91 Å². The summed E-state index contributed by atoms with van der Waals surface area (Å²) < 4.78 is 10.7. The number of halogens is 1. The van der Waals surface area contributed by atoms with Gasteiger partial charge < -0.3 is 14.8 Å². The molecule has 4 nitrogen and oxygen atoms in total. The Hall–Kier alpha value is -2.04. The van der Waals surface area contributed by atoms with Crippen molar-refractivity contribution in [3.63, 3.8) is 0 Å². The lowest BCUT2D eigenvalue weighted by Gasteiger charge is -2.12. The summed E-state index contributed by atoms with van der Waals surface area (Å²) in [6, 6.07) is 12.8. The minimum atomic E-state index is -0.162. The Bertz CT molecular complexity index is 673. The molecule has 0 atom stereocenters. The Balaban J connectivity index is 2.09. The van der Waals surface area contributed by atoms with Gasteiger partial charge in [0.15, 0.2) is 0 Å². The largest absolute Gasteiger partial charge is 0.494 e. The summed E-state index contributed by atoms with van der Waals surface area (Å²) in [4.78, 5) is 12.3. The van der Waals surface area contributed by atoms with E-state index in [2.05, 4.69) is 5.32 Å². The fraction of sp³-hybridized carbons (Fsp3) is 0.278. The molecule has 0 saturated carbocycles. The van der Waals surface area contributed by atoms with E-state index >= 15 is 0 Å². The maximum atomic E-state index is 12.3. The lowest BCUT2D eigenvalue weighted by atomic mass is 10.1. The number of carbonyl (C=O) groups is 1. The molecule has 23 heavy (non-hydrogen) atoms. The van der Waals surface area contributed by atoms with Gasteiger partial charge in [0.2, 0.25) is 0 Å². The normalized spacial score (nSPS) is 10.4. The molecule has 0 heterocycles. The molecule has 2 aromatic carbocycles. The minimum Gasteiger partial charge on any atom is -0.494 e. The molecule has 2 rings (SSSR count). The molecule has 122 valence electrons. The third-order valence-corrected chi connectivity index (χ3v) is 3.69. The molecule has 0 bridgehead atoms. The number of carbonyl (C=O) groups excluding carboxylic acids is 1. The first-order valence-electron chi connectivity index (χ1n) is 7.42. The molecule has 1 N–H and O–H groups in total. The smallest absolute Gasteiger partial charge is 0.251 e. The number of hydrogen-bond acceptors (Lipinski definition) is 3. The molecule has 0 aromatic heterocycles. The molecular formula is C18H20ClNO3. The summed E-state index contributed by atoms with van der Waals surface area (Å²) in [7, 11) is 1.61. The van der Waals surface area contributed by atoms with E-state index in [0.717, 1.165) is 16.9 Å². The Morgan fingerprint density at radius 3 is 2.65 bits per heavy atom. The SMILES string of the molecule is CCOc1ccc(C(=O)NCc2ccccc2Cl)cc1COC. The lowest BCUT2D eigenvalue weighted by Crippen LogP contribution is -2.23. The van der Waals surface area contributed by atoms with Crippen molar-refractivity contribution in [2.24, 2.45) is 0 Å². The Kier molecular flexibility index (Phi) is 6.44. The van der Waals surface area contributed by atoms with Crippen LogP contribution >= 0.6 is 11.6 Å². The Morgan fingerprint density at radius 1 is 1.17 bits per heavy atom. The molecule has 0 fully saturated rings. The van der Waals surface area contributed by atoms with Crippen molar-refractivity contribution in [3.05, 3.63) is 64.2 Å². The molecule has 0 unspecified atom stereocenters. The fourth-order valence-corrected chi connectivity index (χ4v) is 2.41. The number of amides is 1. The van der Waals surface area contributed by atoms with E-state index in [1.807, 2.05) is 25.1 Å². The number of hydrogen-bond donors (Lipinski definition) is 1. The van der Waals surface area contributed by atoms with Crippen molar-refractivity contribution < 1.29 is 14.3 Å². The minimum absolute atomic E-state index is 0.162. The van der Waals surface area contributed by atoms with Crippen molar-refractivity contribution in [1.29, 1.82) is 0 Å². The number of benzene rings is 2. The third-order valence-electron chi connectivity index (χ3n) is 3.32. The summed E-state index contributed by atoms with van der Waals surface area (Å²) in [5.74, 6) is 0.572. The highest BCUT2D eigenvalue weighted by Gasteiger charge is 2.11. The summed E-state index contributed by atoms with van der Waals surface area (Å²) in [5.41, 5.74) is 2.29. The van der Waals surface area contributed by atoms with Crippen molar-refractivity contribution in [3.8, 4) is 5.75 Å². The van der Waals surface area contributed by atoms with Crippen LogP contribution in [0.1, 0.15) is 28.4 Å². The average molecular weight is 334 g/mol. The summed E-state index contributed by atoms with van der Waals surface area (Å²) >= 11 is 6.09. The van der Waals surface area contributed by atoms with Gasteiger partial charge in [-0.1, -0.05) is 29.8 Å². The van der Waals surface area contributed by atoms with Crippen LogP contribution < -0.4 is 10.1 Å². The molecule has 5 heteroatoms. The van der Waals surface area contributed by atoms with Crippen molar-refractivity contribution >= 4 is 17.5 Å². The fourth-order valence-electron chi connectivity index (χ4n) is 2.20. The maximum Gasteiger partial charge on any atom is 0.251 e. The molecule has 0 aliphatic rings. The van der Waals surface area contributed by atoms with Crippen molar-refractivity contribution in [2.45, 2.75) is 20.1 Å². The average Bonchev–Trinajstić information content (AvgIpc) is 2.56. The van der Waals surface area contributed by atoms with Crippen LogP contribution in [0.4, 0.5) is 0 Å². The Labute approximate surface area is 141 Å². The highest BCUT2D eigenvalue weighted by molar-refractivity contribution is 6.31. The molecule has 0 spiro atoms. The van der Waals surface area contributed by atoms with Crippen LogP contribution in [0.5, 0.6) is 5.75 Å². The van der Waals surface area contributed by atoms with Crippen molar-refractivity contribution in [1.82, 2.24) is 5.32 Å². The molecule has 0 radical (unpaired) electrons. The zero-order chi connectivity index (χ0) is 16.7. The Morgan fingerprint density at radius 2 is 1.96 bits per heavy atom. The van der Waals surface area contributed by atoms with E-state index < -0.39 is 0 Å². The first-order valence-corrected chi connectivity index (χ1v) is 7.79. The van der Waals surface area contributed by atoms with Crippen LogP contribution in [-0.4, -0.2) is 19.6 Å². The van der Waals surface area contributed by atoms with Crippen LogP contribution in [0.3, 0.4) is 0 Å². The summed E-state index contributed by atoms with van der Waals surface area (Å²) in [6.07, 6.45) is 0. The molecule has 2 aromatic rings. The topological polar surface area (TPSA) is 47.6 Å². The van der Waals surface area contributed by atoms with E-state index in [1.54, 1.807) is 31.4 Å². The predicted octanol–water partition coefficient (Wildman–Crippen LogP) is 3.82. The van der Waals surface area contributed by atoms with E-state index in [9.17, 15) is 4.79 Å². The highest BCUT2D eigenvalue weighted by Crippen LogP contribution is 2.21. The predicted molar refractivity (Wildman–Crippen MR) is 90.9 cm³/mol. The van der Waals surface area contributed by atoms with Crippen LogP contribution in [0.15, 0.2) is 42.5 Å². The number of ether oxygens (including phenoxy) is 2. The molecule has 1 amide bonds. The van der Waals surface area contributed by atoms with E-state index in [-0.39, 0.29) is 5.91 Å². The summed E-state index contributed by atoms with van der Waals surface area (Å²) in [6.45, 7) is 3.25. The van der Waals surface area contributed by atoms with E-state index in [1.165, 1.54) is 0 Å². The maximum absolute atomic E-state index is 12.3. The number of methoxy groups -OCH3 is 1. The lowest BCUT2D eigenvalue weighted by molar-refractivity contribution is 0.0950. The van der Waals surface area contributed by atoms with Crippen molar-refractivity contribution in [2.75, 3.05) is 13.7 Å². The van der Waals surface area contributed by atoms with E-state index in [0.29, 0.717) is 30.3 Å². The van der Waals surface area contributed by atoms with Gasteiger partial charge in [0.05, 0.1) is 13.2 Å². The quantitative estimate of drug-likeness (QED) is 0.838. The highest BCUT2D eigenvalue weighted by atomic mass is 35.5. The van der Waals surface area contributed by atoms with Gasteiger partial charge in [-0.2, -0.15) is 0 Å². The van der Waals surface area contributed by atoms with Gasteiger partial charge >= 0.3 is 0 Å². The number of nitrogens with one attached hydrogen (secondary N) is 1. The second kappa shape index (κ2) is 8.56. The van der Waals surface area contributed by atoms with Crippen LogP contribution in [0, 0.1) is 0 Å². The first-order chi connectivity index (χ1) is 11.2. The summed E-state index contributed by atoms with van der Waals surface area (Å²) in [5, 5.41) is 3.51. The van der Waals surface area contributed by atoms with Gasteiger partial charge in [0.1, 0.15) is 5.75 Å². The van der Waals surface area contributed by atoms with Gasteiger partial charge in [0, 0.05) is 29.8 Å². The standard InChI is InChI=1S/C18H20ClNO3/c1-3-23-17-9-8-13(10-15(17)12-22-2)18(21)20-11-14-6-4-5-7-16(14)19/h4-10H,3,11-12H2,1-2H3,(H,20,21). The van der Waals surface area contributed by atoms with Gasteiger partial charge in [-0.05, 0) is 36.8 Å².